The second-order valence-electron chi connectivity index (χ2n) is 6.62. The molecule has 126 valence electrons. The molecule has 1 aliphatic rings. The van der Waals surface area contributed by atoms with Gasteiger partial charge in [0, 0.05) is 42.3 Å². The highest BCUT2D eigenvalue weighted by atomic mass is 15.2. The SMILES string of the molecule is Cc1nc(-c2cccnc2)nc(N2CCCc3ccccc3C2)c1C. The number of nitrogens with zero attached hydrogens (tertiary/aromatic N) is 4. The van der Waals surface area contributed by atoms with E-state index in [4.69, 9.17) is 4.98 Å². The minimum Gasteiger partial charge on any atom is -0.352 e. The topological polar surface area (TPSA) is 41.9 Å². The van der Waals surface area contributed by atoms with E-state index < -0.39 is 0 Å². The van der Waals surface area contributed by atoms with Crippen molar-refractivity contribution >= 4 is 5.82 Å². The van der Waals surface area contributed by atoms with Crippen LogP contribution in [0.3, 0.4) is 0 Å². The van der Waals surface area contributed by atoms with Gasteiger partial charge in [0.2, 0.25) is 0 Å². The highest BCUT2D eigenvalue weighted by Crippen LogP contribution is 2.28. The van der Waals surface area contributed by atoms with Gasteiger partial charge in [0.25, 0.3) is 0 Å². The first-order valence-corrected chi connectivity index (χ1v) is 8.80. The Balaban J connectivity index is 1.76. The molecule has 1 aliphatic heterocycles. The molecule has 3 aromatic rings. The molecule has 0 bridgehead atoms. The van der Waals surface area contributed by atoms with Crippen LogP contribution in [0.4, 0.5) is 5.82 Å². The van der Waals surface area contributed by atoms with Crippen LogP contribution in [0.25, 0.3) is 11.4 Å². The average Bonchev–Trinajstić information content (AvgIpc) is 2.87. The van der Waals surface area contributed by atoms with E-state index >= 15 is 0 Å². The van der Waals surface area contributed by atoms with E-state index in [2.05, 4.69) is 53.0 Å². The summed E-state index contributed by atoms with van der Waals surface area (Å²) in [7, 11) is 0. The zero-order valence-corrected chi connectivity index (χ0v) is 14.7. The lowest BCUT2D eigenvalue weighted by atomic mass is 10.0. The highest BCUT2D eigenvalue weighted by Gasteiger charge is 2.19. The Labute approximate surface area is 148 Å². The van der Waals surface area contributed by atoms with E-state index in [-0.39, 0.29) is 0 Å². The Bertz CT molecular complexity index is 890. The van der Waals surface area contributed by atoms with Gasteiger partial charge in [-0.25, -0.2) is 9.97 Å². The van der Waals surface area contributed by atoms with Gasteiger partial charge in [-0.05, 0) is 49.9 Å². The standard InChI is InChI=1S/C21H22N4/c1-15-16(2)23-20(18-9-5-11-22-13-18)24-21(15)25-12-6-10-17-7-3-4-8-19(17)14-25/h3-5,7-9,11,13H,6,10,12,14H2,1-2H3. The molecule has 2 aromatic heterocycles. The number of benzene rings is 1. The summed E-state index contributed by atoms with van der Waals surface area (Å²) in [5, 5.41) is 0. The van der Waals surface area contributed by atoms with Crippen molar-refractivity contribution in [1.82, 2.24) is 15.0 Å². The molecule has 0 fully saturated rings. The fourth-order valence-corrected chi connectivity index (χ4v) is 3.43. The van der Waals surface area contributed by atoms with Crippen LogP contribution < -0.4 is 4.90 Å². The van der Waals surface area contributed by atoms with Crippen molar-refractivity contribution in [2.75, 3.05) is 11.4 Å². The van der Waals surface area contributed by atoms with Gasteiger partial charge in [0.15, 0.2) is 5.82 Å². The number of aryl methyl sites for hydroxylation is 2. The summed E-state index contributed by atoms with van der Waals surface area (Å²) in [6.07, 6.45) is 5.87. The van der Waals surface area contributed by atoms with Gasteiger partial charge in [0.05, 0.1) is 0 Å². The number of aromatic nitrogens is 3. The maximum atomic E-state index is 4.92. The molecule has 1 aromatic carbocycles. The molecular weight excluding hydrogens is 308 g/mol. The number of anilines is 1. The molecule has 0 saturated heterocycles. The van der Waals surface area contributed by atoms with Gasteiger partial charge in [-0.15, -0.1) is 0 Å². The highest BCUT2D eigenvalue weighted by molar-refractivity contribution is 5.59. The summed E-state index contributed by atoms with van der Waals surface area (Å²) in [4.78, 5) is 16.2. The molecule has 4 rings (SSSR count). The van der Waals surface area contributed by atoms with Crippen LogP contribution in [-0.4, -0.2) is 21.5 Å². The Kier molecular flexibility index (Phi) is 4.18. The van der Waals surface area contributed by atoms with Crippen molar-refractivity contribution in [3.05, 3.63) is 71.2 Å². The molecule has 0 radical (unpaired) electrons. The Morgan fingerprint density at radius 2 is 1.80 bits per heavy atom. The van der Waals surface area contributed by atoms with Crippen molar-refractivity contribution in [1.29, 1.82) is 0 Å². The first kappa shape index (κ1) is 15.8. The van der Waals surface area contributed by atoms with Crippen LogP contribution in [0, 0.1) is 13.8 Å². The normalized spacial score (nSPS) is 14.1. The molecule has 4 nitrogen and oxygen atoms in total. The minimum atomic E-state index is 0.753. The third-order valence-electron chi connectivity index (χ3n) is 4.94. The van der Waals surface area contributed by atoms with Crippen LogP contribution in [-0.2, 0) is 13.0 Å². The monoisotopic (exact) mass is 330 g/mol. The van der Waals surface area contributed by atoms with Crippen LogP contribution in [0.5, 0.6) is 0 Å². The second kappa shape index (κ2) is 6.63. The van der Waals surface area contributed by atoms with Crippen LogP contribution in [0.1, 0.15) is 28.8 Å². The summed E-state index contributed by atoms with van der Waals surface area (Å²) >= 11 is 0. The zero-order valence-electron chi connectivity index (χ0n) is 14.7. The van der Waals surface area contributed by atoms with Crippen molar-refractivity contribution in [3.8, 4) is 11.4 Å². The third kappa shape index (κ3) is 3.12. The summed E-state index contributed by atoms with van der Waals surface area (Å²) < 4.78 is 0. The van der Waals surface area contributed by atoms with Gasteiger partial charge in [0.1, 0.15) is 5.82 Å². The van der Waals surface area contributed by atoms with Gasteiger partial charge < -0.3 is 4.90 Å². The summed E-state index contributed by atoms with van der Waals surface area (Å²) in [6, 6.07) is 12.7. The summed E-state index contributed by atoms with van der Waals surface area (Å²) in [6.45, 7) is 6.10. The molecule has 0 unspecified atom stereocenters. The molecule has 0 aliphatic carbocycles. The van der Waals surface area contributed by atoms with Gasteiger partial charge in [-0.2, -0.15) is 0 Å². The van der Waals surface area contributed by atoms with E-state index in [9.17, 15) is 0 Å². The maximum absolute atomic E-state index is 4.92. The van der Waals surface area contributed by atoms with Crippen LogP contribution in [0.15, 0.2) is 48.8 Å². The van der Waals surface area contributed by atoms with E-state index in [0.717, 1.165) is 54.4 Å². The smallest absolute Gasteiger partial charge is 0.163 e. The predicted octanol–water partition coefficient (Wildman–Crippen LogP) is 4.11. The third-order valence-corrected chi connectivity index (χ3v) is 4.94. The summed E-state index contributed by atoms with van der Waals surface area (Å²) in [5.74, 6) is 1.80. The van der Waals surface area contributed by atoms with Crippen LogP contribution in [0.2, 0.25) is 0 Å². The number of fused-ring (bicyclic) bond motifs is 1. The molecule has 0 N–H and O–H groups in total. The first-order chi connectivity index (χ1) is 12.2. The molecule has 3 heterocycles. The molecule has 0 spiro atoms. The van der Waals surface area contributed by atoms with Crippen molar-refractivity contribution in [3.63, 3.8) is 0 Å². The van der Waals surface area contributed by atoms with Gasteiger partial charge in [-0.1, -0.05) is 24.3 Å². The zero-order chi connectivity index (χ0) is 17.2. The lowest BCUT2D eigenvalue weighted by Gasteiger charge is -2.25. The largest absolute Gasteiger partial charge is 0.352 e. The second-order valence-corrected chi connectivity index (χ2v) is 6.62. The fraction of sp³-hybridized carbons (Fsp3) is 0.286. The number of hydrogen-bond donors (Lipinski definition) is 0. The van der Waals surface area contributed by atoms with Gasteiger partial charge in [-0.3, -0.25) is 4.98 Å². The molecular formula is C21H22N4. The summed E-state index contributed by atoms with van der Waals surface area (Å²) in [5.41, 5.74) is 6.01. The Morgan fingerprint density at radius 1 is 0.960 bits per heavy atom. The quantitative estimate of drug-likeness (QED) is 0.709. The Morgan fingerprint density at radius 3 is 2.60 bits per heavy atom. The molecule has 0 atom stereocenters. The van der Waals surface area contributed by atoms with Crippen molar-refractivity contribution in [2.24, 2.45) is 0 Å². The van der Waals surface area contributed by atoms with E-state index in [1.165, 1.54) is 11.1 Å². The molecule has 0 amide bonds. The van der Waals surface area contributed by atoms with E-state index in [0.29, 0.717) is 0 Å². The first-order valence-electron chi connectivity index (χ1n) is 8.80. The average molecular weight is 330 g/mol. The lowest BCUT2D eigenvalue weighted by molar-refractivity contribution is 0.748. The van der Waals surface area contributed by atoms with E-state index in [1.807, 2.05) is 18.3 Å². The Hall–Kier alpha value is -2.75. The van der Waals surface area contributed by atoms with Crippen molar-refractivity contribution in [2.45, 2.75) is 33.2 Å². The minimum absolute atomic E-state index is 0.753. The number of pyridine rings is 1. The lowest BCUT2D eigenvalue weighted by Crippen LogP contribution is -2.25. The predicted molar refractivity (Wildman–Crippen MR) is 101 cm³/mol. The fourth-order valence-electron chi connectivity index (χ4n) is 3.43. The van der Waals surface area contributed by atoms with Crippen molar-refractivity contribution < 1.29 is 0 Å². The molecule has 25 heavy (non-hydrogen) atoms. The number of rotatable bonds is 2. The molecule has 0 saturated carbocycles. The van der Waals surface area contributed by atoms with Gasteiger partial charge >= 0.3 is 0 Å². The number of hydrogen-bond acceptors (Lipinski definition) is 4. The molecule has 4 heteroatoms. The maximum Gasteiger partial charge on any atom is 0.163 e. The van der Waals surface area contributed by atoms with E-state index in [1.54, 1.807) is 6.20 Å². The van der Waals surface area contributed by atoms with Crippen LogP contribution >= 0.6 is 0 Å².